The summed E-state index contributed by atoms with van der Waals surface area (Å²) in [6, 6.07) is 20.5. The van der Waals surface area contributed by atoms with Gasteiger partial charge in [0.25, 0.3) is 0 Å². The average Bonchev–Trinajstić information content (AvgIpc) is 3.31. The number of methoxy groups -OCH3 is 1. The van der Waals surface area contributed by atoms with Gasteiger partial charge in [-0.25, -0.2) is 0 Å². The van der Waals surface area contributed by atoms with Crippen LogP contribution in [-0.4, -0.2) is 18.2 Å². The van der Waals surface area contributed by atoms with Gasteiger partial charge in [0.15, 0.2) is 11.5 Å². The minimum atomic E-state index is -0.0931. The molecule has 1 fully saturated rings. The second kappa shape index (κ2) is 10.3. The summed E-state index contributed by atoms with van der Waals surface area (Å²) in [5, 5.41) is 0. The largest absolute Gasteiger partial charge is 0.493 e. The zero-order chi connectivity index (χ0) is 20.6. The highest BCUT2D eigenvalue weighted by Crippen LogP contribution is 2.35. The fraction of sp³-hybridized carbons (Fsp3) is 0.346. The van der Waals surface area contributed by atoms with Crippen LogP contribution in [0.1, 0.15) is 48.5 Å². The summed E-state index contributed by atoms with van der Waals surface area (Å²) in [7, 11) is 1.69. The number of benzene rings is 2. The Balaban J connectivity index is 1.57. The number of hydrogen-bond acceptors (Lipinski definition) is 4. The highest BCUT2D eigenvalue weighted by Gasteiger charge is 2.21. The Morgan fingerprint density at radius 2 is 1.67 bits per heavy atom. The van der Waals surface area contributed by atoms with Gasteiger partial charge in [-0.05, 0) is 66.6 Å². The van der Waals surface area contributed by atoms with Crippen LogP contribution in [0.15, 0.2) is 73.1 Å². The van der Waals surface area contributed by atoms with Crippen LogP contribution >= 0.6 is 0 Å². The third-order valence-electron chi connectivity index (χ3n) is 5.62. The van der Waals surface area contributed by atoms with E-state index in [-0.39, 0.29) is 12.2 Å². The van der Waals surface area contributed by atoms with Crippen molar-refractivity contribution in [3.63, 3.8) is 0 Å². The number of nitrogens with zero attached hydrogens (tertiary/aromatic N) is 1. The molecule has 1 aliphatic carbocycles. The van der Waals surface area contributed by atoms with Gasteiger partial charge in [-0.3, -0.25) is 4.98 Å². The van der Waals surface area contributed by atoms with Crippen LogP contribution in [0.3, 0.4) is 0 Å². The van der Waals surface area contributed by atoms with E-state index < -0.39 is 0 Å². The van der Waals surface area contributed by atoms with Crippen molar-refractivity contribution in [1.82, 2.24) is 4.98 Å². The molecule has 1 atom stereocenters. The van der Waals surface area contributed by atoms with E-state index in [0.717, 1.165) is 41.9 Å². The van der Waals surface area contributed by atoms with Crippen LogP contribution in [0, 0.1) is 0 Å². The molecule has 4 nitrogen and oxygen atoms in total. The predicted octanol–water partition coefficient (Wildman–Crippen LogP) is 5.91. The molecule has 0 aliphatic heterocycles. The van der Waals surface area contributed by atoms with Crippen LogP contribution in [0.2, 0.25) is 0 Å². The number of ether oxygens (including phenoxy) is 3. The number of aromatic nitrogens is 1. The van der Waals surface area contributed by atoms with Gasteiger partial charge in [0.2, 0.25) is 0 Å². The van der Waals surface area contributed by atoms with E-state index in [4.69, 9.17) is 14.2 Å². The molecular weight excluding hydrogens is 374 g/mol. The summed E-state index contributed by atoms with van der Waals surface area (Å²) in [5.41, 5.74) is 3.45. The second-order valence-corrected chi connectivity index (χ2v) is 7.78. The molecule has 0 radical (unpaired) electrons. The smallest absolute Gasteiger partial charge is 0.161 e. The van der Waals surface area contributed by atoms with E-state index >= 15 is 0 Å². The molecule has 3 aromatic rings. The van der Waals surface area contributed by atoms with Crippen LogP contribution in [0.25, 0.3) is 0 Å². The monoisotopic (exact) mass is 403 g/mol. The predicted molar refractivity (Wildman–Crippen MR) is 118 cm³/mol. The molecule has 30 heavy (non-hydrogen) atoms. The molecule has 1 saturated carbocycles. The van der Waals surface area contributed by atoms with E-state index in [1.54, 1.807) is 7.11 Å². The van der Waals surface area contributed by atoms with Gasteiger partial charge in [-0.15, -0.1) is 0 Å². The minimum absolute atomic E-state index is 0.0931. The lowest BCUT2D eigenvalue weighted by Crippen LogP contribution is -2.13. The summed E-state index contributed by atoms with van der Waals surface area (Å²) < 4.78 is 18.3. The fourth-order valence-electron chi connectivity index (χ4n) is 3.95. The molecule has 1 unspecified atom stereocenters. The molecule has 4 heteroatoms. The van der Waals surface area contributed by atoms with Crippen molar-refractivity contribution in [2.24, 2.45) is 0 Å². The maximum Gasteiger partial charge on any atom is 0.161 e. The van der Waals surface area contributed by atoms with Gasteiger partial charge in [0.1, 0.15) is 0 Å². The summed E-state index contributed by atoms with van der Waals surface area (Å²) in [6.07, 6.45) is 9.29. The van der Waals surface area contributed by atoms with Gasteiger partial charge in [-0.2, -0.15) is 0 Å². The first-order valence-corrected chi connectivity index (χ1v) is 10.7. The molecule has 0 amide bonds. The van der Waals surface area contributed by atoms with Crippen LogP contribution < -0.4 is 9.47 Å². The van der Waals surface area contributed by atoms with E-state index in [2.05, 4.69) is 29.2 Å². The van der Waals surface area contributed by atoms with Gasteiger partial charge in [0, 0.05) is 18.8 Å². The van der Waals surface area contributed by atoms with Gasteiger partial charge >= 0.3 is 0 Å². The van der Waals surface area contributed by atoms with Gasteiger partial charge in [0.05, 0.1) is 25.9 Å². The van der Waals surface area contributed by atoms with Crippen LogP contribution in [-0.2, 0) is 17.8 Å². The fourth-order valence-corrected chi connectivity index (χ4v) is 3.95. The molecule has 0 spiro atoms. The van der Waals surface area contributed by atoms with Crippen molar-refractivity contribution in [2.75, 3.05) is 7.11 Å². The Hall–Kier alpha value is -2.85. The average molecular weight is 404 g/mol. The highest BCUT2D eigenvalue weighted by atomic mass is 16.5. The number of hydrogen-bond donors (Lipinski definition) is 0. The van der Waals surface area contributed by atoms with E-state index in [1.807, 2.05) is 48.8 Å². The van der Waals surface area contributed by atoms with Crippen molar-refractivity contribution in [3.05, 3.63) is 89.7 Å². The topological polar surface area (TPSA) is 40.6 Å². The maximum absolute atomic E-state index is 6.40. The zero-order valence-electron chi connectivity index (χ0n) is 17.5. The Kier molecular flexibility index (Phi) is 6.99. The third-order valence-corrected chi connectivity index (χ3v) is 5.62. The van der Waals surface area contributed by atoms with E-state index in [9.17, 15) is 0 Å². The van der Waals surface area contributed by atoms with Crippen LogP contribution in [0.5, 0.6) is 11.5 Å². The van der Waals surface area contributed by atoms with Gasteiger partial charge in [-0.1, -0.05) is 36.4 Å². The molecule has 2 aromatic carbocycles. The summed E-state index contributed by atoms with van der Waals surface area (Å²) in [4.78, 5) is 4.14. The third kappa shape index (κ3) is 5.39. The molecule has 1 aromatic heterocycles. The number of rotatable bonds is 9. The van der Waals surface area contributed by atoms with Crippen molar-refractivity contribution in [1.29, 1.82) is 0 Å². The molecule has 0 bridgehead atoms. The number of pyridine rings is 1. The molecule has 156 valence electrons. The van der Waals surface area contributed by atoms with E-state index in [0.29, 0.717) is 6.61 Å². The van der Waals surface area contributed by atoms with Crippen LogP contribution in [0.4, 0.5) is 0 Å². The highest BCUT2D eigenvalue weighted by molar-refractivity contribution is 5.44. The second-order valence-electron chi connectivity index (χ2n) is 7.78. The van der Waals surface area contributed by atoms with Crippen molar-refractivity contribution < 1.29 is 14.2 Å². The maximum atomic E-state index is 6.40. The minimum Gasteiger partial charge on any atom is -0.493 e. The standard InChI is InChI=1S/C26H29NO3/c1-28-24-12-11-22(18-26(24)30-23-9-5-6-10-23)25(17-20-13-15-27-16-14-20)29-19-21-7-3-2-4-8-21/h2-4,7-8,11-16,18,23,25H,5-6,9-10,17,19H2,1H3. The molecule has 1 heterocycles. The molecule has 1 aliphatic rings. The summed E-state index contributed by atoms with van der Waals surface area (Å²) in [5.74, 6) is 1.58. The lowest BCUT2D eigenvalue weighted by Gasteiger charge is -2.22. The molecule has 4 rings (SSSR count). The lowest BCUT2D eigenvalue weighted by atomic mass is 10.0. The van der Waals surface area contributed by atoms with Gasteiger partial charge < -0.3 is 14.2 Å². The normalized spacial score (nSPS) is 15.1. The molecular formula is C26H29NO3. The summed E-state index contributed by atoms with van der Waals surface area (Å²) in [6.45, 7) is 0.557. The first kappa shape index (κ1) is 20.4. The zero-order valence-corrected chi connectivity index (χ0v) is 17.5. The van der Waals surface area contributed by atoms with Crippen molar-refractivity contribution in [3.8, 4) is 11.5 Å². The van der Waals surface area contributed by atoms with Crippen molar-refractivity contribution in [2.45, 2.75) is 50.9 Å². The summed E-state index contributed by atoms with van der Waals surface area (Å²) >= 11 is 0. The van der Waals surface area contributed by atoms with Crippen molar-refractivity contribution >= 4 is 0 Å². The lowest BCUT2D eigenvalue weighted by molar-refractivity contribution is 0.0396. The Labute approximate surface area is 178 Å². The first-order chi connectivity index (χ1) is 14.8. The Morgan fingerprint density at radius 3 is 2.40 bits per heavy atom. The Bertz CT molecular complexity index is 908. The van der Waals surface area contributed by atoms with E-state index in [1.165, 1.54) is 18.4 Å². The Morgan fingerprint density at radius 1 is 0.900 bits per heavy atom. The quantitative estimate of drug-likeness (QED) is 0.445. The SMILES string of the molecule is COc1ccc(C(Cc2ccncc2)OCc2ccccc2)cc1OC1CCCC1. The molecule has 0 saturated heterocycles. The first-order valence-electron chi connectivity index (χ1n) is 10.7. The molecule has 0 N–H and O–H groups in total.